The summed E-state index contributed by atoms with van der Waals surface area (Å²) in [6, 6.07) is 4.52. The molecule has 102 valence electrons. The molecule has 0 spiro atoms. The smallest absolute Gasteiger partial charge is 0.142 e. The minimum absolute atomic E-state index is 0.0897. The zero-order valence-corrected chi connectivity index (χ0v) is 10.9. The molecule has 1 fully saturated rings. The van der Waals surface area contributed by atoms with Crippen molar-refractivity contribution in [3.05, 3.63) is 29.6 Å². The Hall–Kier alpha value is -1.57. The van der Waals surface area contributed by atoms with Crippen LogP contribution in [0.5, 0.6) is 5.75 Å². The lowest BCUT2D eigenvalue weighted by Crippen LogP contribution is -2.17. The van der Waals surface area contributed by atoms with Crippen LogP contribution in [0.4, 0.5) is 4.39 Å². The van der Waals surface area contributed by atoms with Crippen molar-refractivity contribution in [1.82, 2.24) is 0 Å². The summed E-state index contributed by atoms with van der Waals surface area (Å²) >= 11 is 0. The van der Waals surface area contributed by atoms with E-state index >= 15 is 0 Å². The topological polar surface area (TPSA) is 38.7 Å². The highest BCUT2D eigenvalue weighted by Crippen LogP contribution is 2.21. The Bertz CT molecular complexity index is 490. The first-order valence-corrected chi connectivity index (χ1v) is 6.36. The van der Waals surface area contributed by atoms with Crippen LogP contribution in [0.15, 0.2) is 18.2 Å². The van der Waals surface area contributed by atoms with E-state index in [1.807, 2.05) is 6.92 Å². The largest absolute Gasteiger partial charge is 0.491 e. The fourth-order valence-corrected chi connectivity index (χ4v) is 2.02. The van der Waals surface area contributed by atoms with E-state index in [4.69, 9.17) is 14.6 Å². The molecule has 1 aromatic carbocycles. The molecule has 1 aliphatic rings. The highest BCUT2D eigenvalue weighted by atomic mass is 19.1. The van der Waals surface area contributed by atoms with Crippen LogP contribution >= 0.6 is 0 Å². The van der Waals surface area contributed by atoms with E-state index in [1.54, 1.807) is 12.1 Å². The van der Waals surface area contributed by atoms with Crippen molar-refractivity contribution >= 4 is 0 Å². The average molecular weight is 264 g/mol. The van der Waals surface area contributed by atoms with Crippen LogP contribution in [0, 0.1) is 17.7 Å². The zero-order chi connectivity index (χ0) is 13.7. The van der Waals surface area contributed by atoms with E-state index < -0.39 is 5.82 Å². The molecule has 4 heteroatoms. The Labute approximate surface area is 112 Å². The van der Waals surface area contributed by atoms with E-state index in [0.717, 1.165) is 12.8 Å². The lowest BCUT2D eigenvalue weighted by molar-refractivity contribution is 0.0264. The zero-order valence-electron chi connectivity index (χ0n) is 10.9. The van der Waals surface area contributed by atoms with Gasteiger partial charge < -0.3 is 14.6 Å². The summed E-state index contributed by atoms with van der Waals surface area (Å²) in [5, 5.41) is 8.57. The van der Waals surface area contributed by atoms with Crippen LogP contribution in [-0.4, -0.2) is 30.5 Å². The Morgan fingerprint density at radius 3 is 2.95 bits per heavy atom. The van der Waals surface area contributed by atoms with Crippen LogP contribution < -0.4 is 4.74 Å². The first kappa shape index (κ1) is 13.9. The van der Waals surface area contributed by atoms with Gasteiger partial charge in [0, 0.05) is 6.07 Å². The Morgan fingerprint density at radius 2 is 2.32 bits per heavy atom. The standard InChI is InChI=1S/C15H17FO3/c1-11-4-6-14(19-11)10-18-13-7-5-12(3-2-8-17)15(16)9-13/h5,7,9,11,14,17H,4,6,8,10H2,1H3. The molecule has 1 aromatic rings. The first-order valence-electron chi connectivity index (χ1n) is 6.36. The maximum absolute atomic E-state index is 13.6. The van der Waals surface area contributed by atoms with Crippen LogP contribution in [0.1, 0.15) is 25.3 Å². The molecular formula is C15H17FO3. The number of hydrogen-bond acceptors (Lipinski definition) is 3. The minimum atomic E-state index is -0.445. The number of aliphatic hydroxyl groups is 1. The van der Waals surface area contributed by atoms with Crippen LogP contribution in [0.25, 0.3) is 0 Å². The number of aliphatic hydroxyl groups excluding tert-OH is 1. The second-order valence-corrected chi connectivity index (χ2v) is 4.56. The predicted octanol–water partition coefficient (Wildman–Crippen LogP) is 2.12. The Morgan fingerprint density at radius 1 is 1.47 bits per heavy atom. The average Bonchev–Trinajstić information content (AvgIpc) is 2.81. The molecule has 3 nitrogen and oxygen atoms in total. The quantitative estimate of drug-likeness (QED) is 0.850. The van der Waals surface area contributed by atoms with Gasteiger partial charge in [-0.25, -0.2) is 4.39 Å². The maximum atomic E-state index is 13.6. The molecule has 0 saturated carbocycles. The van der Waals surface area contributed by atoms with Gasteiger partial charge in [0.05, 0.1) is 17.8 Å². The summed E-state index contributed by atoms with van der Waals surface area (Å²) < 4.78 is 24.8. The third-order valence-electron chi connectivity index (χ3n) is 3.00. The molecule has 2 rings (SSSR count). The molecule has 19 heavy (non-hydrogen) atoms. The second kappa shape index (κ2) is 6.55. The van der Waals surface area contributed by atoms with Gasteiger partial charge in [-0.2, -0.15) is 0 Å². The van der Waals surface area contributed by atoms with Crippen LogP contribution in [0.2, 0.25) is 0 Å². The summed E-state index contributed by atoms with van der Waals surface area (Å²) in [5.74, 6) is 4.97. The molecule has 1 heterocycles. The lowest BCUT2D eigenvalue weighted by Gasteiger charge is -2.12. The molecule has 0 bridgehead atoms. The van der Waals surface area contributed by atoms with Crippen molar-refractivity contribution in [3.8, 4) is 17.6 Å². The highest BCUT2D eigenvalue weighted by molar-refractivity contribution is 5.39. The van der Waals surface area contributed by atoms with Crippen molar-refractivity contribution < 1.29 is 19.0 Å². The van der Waals surface area contributed by atoms with Gasteiger partial charge >= 0.3 is 0 Å². The Kier molecular flexibility index (Phi) is 4.78. The summed E-state index contributed by atoms with van der Waals surface area (Å²) in [5.41, 5.74) is 0.257. The van der Waals surface area contributed by atoms with Gasteiger partial charge in [0.25, 0.3) is 0 Å². The van der Waals surface area contributed by atoms with E-state index in [2.05, 4.69) is 11.8 Å². The number of benzene rings is 1. The summed E-state index contributed by atoms with van der Waals surface area (Å²) in [6.45, 7) is 2.19. The molecule has 2 atom stereocenters. The summed E-state index contributed by atoms with van der Waals surface area (Å²) in [6.07, 6.45) is 2.38. The van der Waals surface area contributed by atoms with Crippen molar-refractivity contribution in [2.75, 3.05) is 13.2 Å². The van der Waals surface area contributed by atoms with Gasteiger partial charge in [0.1, 0.15) is 24.8 Å². The van der Waals surface area contributed by atoms with Crippen LogP contribution in [-0.2, 0) is 4.74 Å². The van der Waals surface area contributed by atoms with E-state index in [-0.39, 0.29) is 24.4 Å². The third kappa shape index (κ3) is 3.95. The lowest BCUT2D eigenvalue weighted by atomic mass is 10.2. The van der Waals surface area contributed by atoms with E-state index in [0.29, 0.717) is 12.4 Å². The van der Waals surface area contributed by atoms with Crippen molar-refractivity contribution in [3.63, 3.8) is 0 Å². The number of rotatable bonds is 3. The first-order chi connectivity index (χ1) is 9.19. The SMILES string of the molecule is CC1CCC(COc2ccc(C#CCO)c(F)c2)O1. The summed E-state index contributed by atoms with van der Waals surface area (Å²) in [7, 11) is 0. The van der Waals surface area contributed by atoms with Gasteiger partial charge in [-0.1, -0.05) is 11.8 Å². The second-order valence-electron chi connectivity index (χ2n) is 4.56. The molecule has 0 radical (unpaired) electrons. The molecule has 1 aliphatic heterocycles. The number of ether oxygens (including phenoxy) is 2. The molecule has 0 aromatic heterocycles. The Balaban J connectivity index is 1.92. The van der Waals surface area contributed by atoms with Gasteiger partial charge in [0.2, 0.25) is 0 Å². The summed E-state index contributed by atoms with van der Waals surface area (Å²) in [4.78, 5) is 0. The molecule has 1 N–H and O–H groups in total. The normalized spacial score (nSPS) is 21.8. The minimum Gasteiger partial charge on any atom is -0.491 e. The maximum Gasteiger partial charge on any atom is 0.142 e. The van der Waals surface area contributed by atoms with Gasteiger partial charge in [-0.15, -0.1) is 0 Å². The van der Waals surface area contributed by atoms with E-state index in [9.17, 15) is 4.39 Å². The van der Waals surface area contributed by atoms with Gasteiger partial charge in [-0.05, 0) is 31.9 Å². The third-order valence-corrected chi connectivity index (χ3v) is 3.00. The van der Waals surface area contributed by atoms with Crippen molar-refractivity contribution in [2.45, 2.75) is 32.0 Å². The number of hydrogen-bond donors (Lipinski definition) is 1. The molecule has 0 aliphatic carbocycles. The number of halogens is 1. The van der Waals surface area contributed by atoms with Crippen molar-refractivity contribution in [2.24, 2.45) is 0 Å². The monoisotopic (exact) mass is 264 g/mol. The van der Waals surface area contributed by atoms with Gasteiger partial charge in [0.15, 0.2) is 0 Å². The van der Waals surface area contributed by atoms with Crippen LogP contribution in [0.3, 0.4) is 0 Å². The molecule has 2 unspecified atom stereocenters. The van der Waals surface area contributed by atoms with Crippen molar-refractivity contribution in [1.29, 1.82) is 0 Å². The fraction of sp³-hybridized carbons (Fsp3) is 0.467. The molecular weight excluding hydrogens is 247 g/mol. The fourth-order valence-electron chi connectivity index (χ4n) is 2.02. The molecule has 0 amide bonds. The molecule has 1 saturated heterocycles. The van der Waals surface area contributed by atoms with Gasteiger partial charge in [-0.3, -0.25) is 0 Å². The highest BCUT2D eigenvalue weighted by Gasteiger charge is 2.22. The van der Waals surface area contributed by atoms with E-state index in [1.165, 1.54) is 6.07 Å². The predicted molar refractivity (Wildman–Crippen MR) is 69.4 cm³/mol.